The van der Waals surface area contributed by atoms with Crippen LogP contribution in [0.2, 0.25) is 0 Å². The summed E-state index contributed by atoms with van der Waals surface area (Å²) in [6.07, 6.45) is 4.89. The third-order valence-corrected chi connectivity index (χ3v) is 3.53. The van der Waals surface area contributed by atoms with Crippen LogP contribution in [-0.2, 0) is 13.1 Å². The number of pyridine rings is 1. The van der Waals surface area contributed by atoms with E-state index >= 15 is 0 Å². The molecule has 0 amide bonds. The number of imidazole rings is 1. The van der Waals surface area contributed by atoms with Gasteiger partial charge in [0, 0.05) is 31.5 Å². The van der Waals surface area contributed by atoms with E-state index in [1.54, 1.807) is 0 Å². The van der Waals surface area contributed by atoms with Gasteiger partial charge >= 0.3 is 0 Å². The number of rotatable bonds is 6. The number of aromatic nitrogens is 2. The average Bonchev–Trinajstić information content (AvgIpc) is 2.96. The minimum absolute atomic E-state index is 0.640. The monoisotopic (exact) mass is 294 g/mol. The highest BCUT2D eigenvalue weighted by molar-refractivity contribution is 5.77. The minimum atomic E-state index is 0.640. The molecule has 0 aliphatic rings. The number of hydrogen-bond donors (Lipinski definition) is 1. The number of fused-ring (bicyclic) bond motifs is 1. The van der Waals surface area contributed by atoms with Gasteiger partial charge < -0.3 is 4.40 Å². The molecule has 1 N–H and O–H groups in total. The SMILES string of the molecule is CN(Cc1ccccc1C=O)NCc1cn2ccccc2n1. The highest BCUT2D eigenvalue weighted by atomic mass is 16.1. The third kappa shape index (κ3) is 3.21. The number of nitrogens with one attached hydrogen (secondary N) is 1. The fraction of sp³-hybridized carbons (Fsp3) is 0.176. The Hall–Kier alpha value is -2.50. The second-order valence-corrected chi connectivity index (χ2v) is 5.21. The summed E-state index contributed by atoms with van der Waals surface area (Å²) in [7, 11) is 1.96. The van der Waals surface area contributed by atoms with Crippen molar-refractivity contribution in [3.05, 3.63) is 71.7 Å². The van der Waals surface area contributed by atoms with Crippen LogP contribution in [0, 0.1) is 0 Å². The second-order valence-electron chi connectivity index (χ2n) is 5.21. The van der Waals surface area contributed by atoms with E-state index in [1.165, 1.54) is 0 Å². The van der Waals surface area contributed by atoms with Crippen molar-refractivity contribution in [3.63, 3.8) is 0 Å². The molecule has 0 spiro atoms. The quantitative estimate of drug-likeness (QED) is 0.560. The van der Waals surface area contributed by atoms with Crippen LogP contribution in [0.15, 0.2) is 54.9 Å². The maximum atomic E-state index is 11.0. The number of aldehydes is 1. The van der Waals surface area contributed by atoms with Crippen molar-refractivity contribution < 1.29 is 4.79 Å². The lowest BCUT2D eigenvalue weighted by Gasteiger charge is -2.18. The molecule has 22 heavy (non-hydrogen) atoms. The standard InChI is InChI=1S/C17H18N4O/c1-20(11-14-6-2-3-7-15(14)13-22)18-10-16-12-21-9-5-4-8-17(21)19-16/h2-9,12-13,18H,10-11H2,1H3. The van der Waals surface area contributed by atoms with Crippen LogP contribution >= 0.6 is 0 Å². The zero-order valence-corrected chi connectivity index (χ0v) is 12.4. The van der Waals surface area contributed by atoms with E-state index < -0.39 is 0 Å². The molecule has 3 aromatic rings. The molecule has 0 saturated heterocycles. The molecule has 2 aromatic heterocycles. The van der Waals surface area contributed by atoms with Crippen molar-refractivity contribution in [2.75, 3.05) is 7.05 Å². The Bertz CT molecular complexity index is 748. The Kier molecular flexibility index (Phi) is 4.27. The van der Waals surface area contributed by atoms with E-state index in [4.69, 9.17) is 0 Å². The first-order valence-electron chi connectivity index (χ1n) is 7.16. The molecule has 5 nitrogen and oxygen atoms in total. The van der Waals surface area contributed by atoms with Crippen LogP contribution in [0.4, 0.5) is 0 Å². The Balaban J connectivity index is 1.62. The van der Waals surface area contributed by atoms with Crippen molar-refractivity contribution in [1.82, 2.24) is 19.8 Å². The predicted octanol–water partition coefficient (Wildman–Crippen LogP) is 2.28. The summed E-state index contributed by atoms with van der Waals surface area (Å²) in [4.78, 5) is 15.6. The molecule has 0 aliphatic carbocycles. The molecule has 3 rings (SSSR count). The lowest BCUT2D eigenvalue weighted by Crippen LogP contribution is -2.33. The maximum Gasteiger partial charge on any atom is 0.150 e. The molecule has 0 bridgehead atoms. The van der Waals surface area contributed by atoms with E-state index in [0.717, 1.165) is 28.8 Å². The second kappa shape index (κ2) is 6.51. The molecule has 0 unspecified atom stereocenters. The van der Waals surface area contributed by atoms with E-state index in [-0.39, 0.29) is 0 Å². The Morgan fingerprint density at radius 1 is 1.23 bits per heavy atom. The summed E-state index contributed by atoms with van der Waals surface area (Å²) in [5.74, 6) is 0. The van der Waals surface area contributed by atoms with Crippen LogP contribution < -0.4 is 5.43 Å². The first-order valence-corrected chi connectivity index (χ1v) is 7.16. The first-order chi connectivity index (χ1) is 10.8. The molecule has 5 heteroatoms. The van der Waals surface area contributed by atoms with Crippen LogP contribution in [0.3, 0.4) is 0 Å². The summed E-state index contributed by atoms with van der Waals surface area (Å²) in [6, 6.07) is 13.5. The minimum Gasteiger partial charge on any atom is -0.307 e. The summed E-state index contributed by atoms with van der Waals surface area (Å²) in [6.45, 7) is 1.30. The van der Waals surface area contributed by atoms with Crippen molar-refractivity contribution in [3.8, 4) is 0 Å². The lowest BCUT2D eigenvalue weighted by atomic mass is 10.1. The van der Waals surface area contributed by atoms with Gasteiger partial charge in [0.05, 0.1) is 12.2 Å². The largest absolute Gasteiger partial charge is 0.307 e. The van der Waals surface area contributed by atoms with Crippen molar-refractivity contribution in [1.29, 1.82) is 0 Å². The Morgan fingerprint density at radius 2 is 2.05 bits per heavy atom. The summed E-state index contributed by atoms with van der Waals surface area (Å²) >= 11 is 0. The van der Waals surface area contributed by atoms with Gasteiger partial charge in [0.2, 0.25) is 0 Å². The van der Waals surface area contributed by atoms with Crippen LogP contribution in [0.5, 0.6) is 0 Å². The molecule has 112 valence electrons. The molecular weight excluding hydrogens is 276 g/mol. The Labute approximate surface area is 129 Å². The number of carbonyl (C=O) groups is 1. The number of hydrogen-bond acceptors (Lipinski definition) is 4. The van der Waals surface area contributed by atoms with Gasteiger partial charge in [0.15, 0.2) is 0 Å². The van der Waals surface area contributed by atoms with Crippen molar-refractivity contribution in [2.45, 2.75) is 13.1 Å². The molecule has 2 heterocycles. The molecule has 0 fully saturated rings. The summed E-state index contributed by atoms with van der Waals surface area (Å²) < 4.78 is 2.00. The summed E-state index contributed by atoms with van der Waals surface area (Å²) in [5.41, 5.74) is 6.94. The van der Waals surface area contributed by atoms with Gasteiger partial charge in [-0.2, -0.15) is 0 Å². The zero-order chi connectivity index (χ0) is 15.4. The van der Waals surface area contributed by atoms with Gasteiger partial charge in [-0.3, -0.25) is 4.79 Å². The normalized spacial score (nSPS) is 11.2. The van der Waals surface area contributed by atoms with Gasteiger partial charge in [-0.1, -0.05) is 30.3 Å². The summed E-state index contributed by atoms with van der Waals surface area (Å²) in [5, 5.41) is 1.96. The lowest BCUT2D eigenvalue weighted by molar-refractivity contribution is 0.112. The van der Waals surface area contributed by atoms with Crippen LogP contribution in [0.25, 0.3) is 5.65 Å². The highest BCUT2D eigenvalue weighted by Crippen LogP contribution is 2.08. The predicted molar refractivity (Wildman–Crippen MR) is 85.3 cm³/mol. The molecule has 1 aromatic carbocycles. The molecule has 0 saturated carbocycles. The molecule has 0 radical (unpaired) electrons. The maximum absolute atomic E-state index is 11.0. The van der Waals surface area contributed by atoms with Gasteiger partial charge in [-0.15, -0.1) is 0 Å². The van der Waals surface area contributed by atoms with E-state index in [2.05, 4.69) is 10.4 Å². The molecular formula is C17H18N4O. The number of carbonyl (C=O) groups excluding carboxylic acids is 1. The van der Waals surface area contributed by atoms with Gasteiger partial charge in [-0.25, -0.2) is 15.4 Å². The highest BCUT2D eigenvalue weighted by Gasteiger charge is 2.06. The molecule has 0 atom stereocenters. The smallest absolute Gasteiger partial charge is 0.150 e. The van der Waals surface area contributed by atoms with Crippen LogP contribution in [0.1, 0.15) is 21.6 Å². The van der Waals surface area contributed by atoms with Crippen molar-refractivity contribution >= 4 is 11.9 Å². The third-order valence-electron chi connectivity index (χ3n) is 3.53. The van der Waals surface area contributed by atoms with Crippen molar-refractivity contribution in [2.24, 2.45) is 0 Å². The van der Waals surface area contributed by atoms with Gasteiger partial charge in [-0.05, 0) is 17.7 Å². The number of benzene rings is 1. The van der Waals surface area contributed by atoms with E-state index in [9.17, 15) is 4.79 Å². The van der Waals surface area contributed by atoms with E-state index in [0.29, 0.717) is 13.1 Å². The Morgan fingerprint density at radius 3 is 2.86 bits per heavy atom. The average molecular weight is 294 g/mol. The number of hydrazine groups is 1. The number of nitrogens with zero attached hydrogens (tertiary/aromatic N) is 3. The fourth-order valence-corrected chi connectivity index (χ4v) is 2.39. The molecule has 0 aliphatic heterocycles. The van der Waals surface area contributed by atoms with Gasteiger partial charge in [0.1, 0.15) is 11.9 Å². The zero-order valence-electron chi connectivity index (χ0n) is 12.4. The topological polar surface area (TPSA) is 49.6 Å². The fourth-order valence-electron chi connectivity index (χ4n) is 2.39. The van der Waals surface area contributed by atoms with E-state index in [1.807, 2.05) is 71.3 Å². The van der Waals surface area contributed by atoms with Crippen LogP contribution in [-0.4, -0.2) is 27.7 Å². The first kappa shape index (κ1) is 14.4. The van der Waals surface area contributed by atoms with Gasteiger partial charge in [0.25, 0.3) is 0 Å².